The monoisotopic (exact) mass is 1090 g/mol. The number of aromatic nitrogens is 12. The highest BCUT2D eigenvalue weighted by Gasteiger charge is 2.25. The van der Waals surface area contributed by atoms with Crippen molar-refractivity contribution in [2.75, 3.05) is 45.5 Å². The number of quaternary nitrogens is 1. The van der Waals surface area contributed by atoms with Crippen molar-refractivity contribution in [3.63, 3.8) is 0 Å². The minimum absolute atomic E-state index is 0.00152. The second-order valence-electron chi connectivity index (χ2n) is 18.8. The van der Waals surface area contributed by atoms with Crippen molar-refractivity contribution in [1.82, 2.24) is 67.5 Å². The van der Waals surface area contributed by atoms with Gasteiger partial charge in [-0.2, -0.15) is 0 Å². The van der Waals surface area contributed by atoms with E-state index < -0.39 is 41.5 Å². The van der Waals surface area contributed by atoms with E-state index in [4.69, 9.17) is 0 Å². The van der Waals surface area contributed by atoms with Crippen molar-refractivity contribution in [2.24, 2.45) is 49.3 Å². The molecule has 9 rings (SSSR count). The maximum atomic E-state index is 13.5. The van der Waals surface area contributed by atoms with Crippen molar-refractivity contribution >= 4 is 92.7 Å². The highest BCUT2D eigenvalue weighted by molar-refractivity contribution is 6.09. The van der Waals surface area contributed by atoms with E-state index in [2.05, 4.69) is 73.2 Å². The predicted molar refractivity (Wildman–Crippen MR) is 292 cm³/mol. The van der Waals surface area contributed by atoms with Crippen LogP contribution < -0.4 is 48.3 Å². The summed E-state index contributed by atoms with van der Waals surface area (Å²) >= 11 is 0. The average Bonchev–Trinajstić information content (AvgIpc) is 4.33. The summed E-state index contributed by atoms with van der Waals surface area (Å²) in [6.07, 6.45) is 12.7. The van der Waals surface area contributed by atoms with Gasteiger partial charge in [0.15, 0.2) is 29.3 Å². The molecule has 0 aliphatic carbocycles. The third kappa shape index (κ3) is 11.5. The fourth-order valence-electron chi connectivity index (χ4n) is 8.66. The summed E-state index contributed by atoms with van der Waals surface area (Å²) in [5.74, 6) is -2.89. The van der Waals surface area contributed by atoms with E-state index in [9.17, 15) is 38.4 Å². The topological polar surface area (TPSA) is 362 Å². The Morgan fingerprint density at radius 2 is 1.04 bits per heavy atom. The first-order chi connectivity index (χ1) is 38.1. The van der Waals surface area contributed by atoms with Crippen LogP contribution in [0.25, 0.3) is 22.6 Å². The van der Waals surface area contributed by atoms with Gasteiger partial charge in [0.2, 0.25) is 11.6 Å². The van der Waals surface area contributed by atoms with Crippen LogP contribution in [0.2, 0.25) is 0 Å². The maximum Gasteiger partial charge on any atom is 0.292 e. The molecular weight excluding hydrogens is 1030 g/mol. The number of hydrogen-bond acceptors (Lipinski definition) is 12. The molecule has 0 aliphatic rings. The summed E-state index contributed by atoms with van der Waals surface area (Å²) in [5.41, 5.74) is 8.47. The Bertz CT molecular complexity index is 3950. The van der Waals surface area contributed by atoms with Crippen LogP contribution in [0.5, 0.6) is 0 Å². The Balaban J connectivity index is 0.731. The zero-order chi connectivity index (χ0) is 57.3. The predicted octanol–water partition coefficient (Wildman–Crippen LogP) is 1.77. The lowest BCUT2D eigenvalue weighted by atomic mass is 10.2. The molecule has 0 saturated heterocycles. The van der Waals surface area contributed by atoms with Crippen molar-refractivity contribution in [3.8, 4) is 11.5 Å². The maximum absolute atomic E-state index is 13.5. The molecule has 8 aromatic heterocycles. The molecule has 0 spiro atoms. The fraction of sp³-hybridized carbons (Fsp3) is 0.216. The molecule has 8 amide bonds. The molecule has 29 nitrogen and oxygen atoms in total. The Hall–Kier alpha value is -10.8. The minimum atomic E-state index is -0.826. The SMILES string of the molecule is CNC(=O)c1cc(NC(=O)c2ccc3nc(-c4cc(NC(=O)c5nc(NC(=O)[C@H]([NH3+])CCNC(=O)c6cc(NC(=O)c7cc(NC(=O)c8nc(NC(=O)c9nccn9C)cn8C)cn7C)cn6C)cn5C)cn4C)[nH]c3c2)cn1C. The fourth-order valence-corrected chi connectivity index (χ4v) is 8.66. The summed E-state index contributed by atoms with van der Waals surface area (Å²) in [4.78, 5) is 125. The van der Waals surface area contributed by atoms with Gasteiger partial charge in [0.05, 0.1) is 39.5 Å². The van der Waals surface area contributed by atoms with Crippen LogP contribution in [-0.2, 0) is 54.1 Å². The lowest BCUT2D eigenvalue weighted by Gasteiger charge is -2.09. The first kappa shape index (κ1) is 54.0. The number of amides is 8. The number of imidazole rings is 4. The number of anilines is 6. The van der Waals surface area contributed by atoms with Gasteiger partial charge in [-0.1, -0.05) is 0 Å². The summed E-state index contributed by atoms with van der Waals surface area (Å²) in [5, 5.41) is 21.8. The lowest BCUT2D eigenvalue weighted by Crippen LogP contribution is -2.67. The first-order valence-corrected chi connectivity index (χ1v) is 24.5. The molecule has 0 bridgehead atoms. The van der Waals surface area contributed by atoms with E-state index >= 15 is 0 Å². The van der Waals surface area contributed by atoms with Crippen molar-refractivity contribution in [3.05, 3.63) is 132 Å². The number of H-pyrrole nitrogens is 1. The number of nitrogens with zero attached hydrogens (tertiary/aromatic N) is 11. The molecule has 0 unspecified atom stereocenters. The number of aromatic amines is 1. The third-order valence-electron chi connectivity index (χ3n) is 12.8. The number of aryl methyl sites for hydroxylation is 7. The van der Waals surface area contributed by atoms with Crippen LogP contribution in [-0.4, -0.2) is 124 Å². The molecular formula is C51H56N21O8+. The standard InChI is InChI=1S/C51H55N21O8/c1-53-46(75)35-17-28(21-68(35)4)56-44(73)26-9-10-32-33(15-26)61-40(60-32)34-16-27(20-67(34)3)58-50(79)42-62-38(24-71(42)7)64-45(74)31(52)11-12-55-47(76)36-18-29(22-69(36)5)57-48(77)37-19-30(23-70(37)6)59-51(80)43-63-39(25-72(43)8)65-49(78)41-54-13-14-66(41)2/h9-10,13-25,31H,11-12,52H2,1-8H3,(H,53,75)(H,55,76)(H,56,73)(H,57,77)(H,58,79)(H,59,80)(H,60,61)(H,64,74)(H,65,78)/p+1/t31-/m1/s1. The number of fused-ring (bicyclic) bond motifs is 1. The van der Waals surface area contributed by atoms with Crippen molar-refractivity contribution in [2.45, 2.75) is 12.5 Å². The Labute approximate surface area is 453 Å². The van der Waals surface area contributed by atoms with E-state index in [0.29, 0.717) is 56.6 Å². The van der Waals surface area contributed by atoms with Crippen LogP contribution in [0.4, 0.5) is 34.4 Å². The van der Waals surface area contributed by atoms with Crippen molar-refractivity contribution in [1.29, 1.82) is 0 Å². The molecule has 0 saturated carbocycles. The molecule has 0 radical (unpaired) electrons. The van der Waals surface area contributed by atoms with Crippen LogP contribution in [0.3, 0.4) is 0 Å². The highest BCUT2D eigenvalue weighted by Crippen LogP contribution is 2.27. The molecule has 0 fully saturated rings. The first-order valence-electron chi connectivity index (χ1n) is 24.5. The van der Waals surface area contributed by atoms with Gasteiger partial charge in [-0.15, -0.1) is 0 Å². The third-order valence-corrected chi connectivity index (χ3v) is 12.8. The highest BCUT2D eigenvalue weighted by atomic mass is 16.2. The second kappa shape index (κ2) is 22.0. The van der Waals surface area contributed by atoms with Crippen LogP contribution in [0, 0.1) is 0 Å². The molecule has 0 aliphatic heterocycles. The van der Waals surface area contributed by atoms with Gasteiger partial charge < -0.3 is 85.2 Å². The second-order valence-corrected chi connectivity index (χ2v) is 18.8. The number of nitrogens with one attached hydrogen (secondary N) is 9. The van der Waals surface area contributed by atoms with E-state index in [-0.39, 0.29) is 65.3 Å². The largest absolute Gasteiger partial charge is 0.354 e. The average molecular weight is 1090 g/mol. The summed E-state index contributed by atoms with van der Waals surface area (Å²) in [6, 6.07) is 10.5. The number of carbonyl (C=O) groups is 8. The Morgan fingerprint density at radius 1 is 0.525 bits per heavy atom. The molecule has 80 heavy (non-hydrogen) atoms. The zero-order valence-corrected chi connectivity index (χ0v) is 44.5. The summed E-state index contributed by atoms with van der Waals surface area (Å²) in [6.45, 7) is 0.0729. The Kier molecular flexibility index (Phi) is 14.9. The molecule has 8 heterocycles. The number of rotatable bonds is 18. The van der Waals surface area contributed by atoms with Crippen LogP contribution in [0.15, 0.2) is 92.0 Å². The van der Waals surface area contributed by atoms with Gasteiger partial charge in [-0.3, -0.25) is 38.4 Å². The molecule has 12 N–H and O–H groups in total. The smallest absolute Gasteiger partial charge is 0.292 e. The van der Waals surface area contributed by atoms with Crippen LogP contribution in [0.1, 0.15) is 80.1 Å². The van der Waals surface area contributed by atoms with E-state index in [1.807, 2.05) is 0 Å². The molecule has 1 aromatic carbocycles. The van der Waals surface area contributed by atoms with E-state index in [0.717, 1.165) is 0 Å². The van der Waals surface area contributed by atoms with Gasteiger partial charge in [0.25, 0.3) is 47.3 Å². The van der Waals surface area contributed by atoms with Gasteiger partial charge in [-0.05, 0) is 42.5 Å². The molecule has 29 heteroatoms. The lowest BCUT2D eigenvalue weighted by molar-refractivity contribution is -0.403. The quantitative estimate of drug-likeness (QED) is 0.0588. The van der Waals surface area contributed by atoms with Gasteiger partial charge in [0, 0.05) is 124 Å². The van der Waals surface area contributed by atoms with E-state index in [1.54, 1.807) is 124 Å². The van der Waals surface area contributed by atoms with Gasteiger partial charge in [0.1, 0.15) is 17.1 Å². The van der Waals surface area contributed by atoms with Gasteiger partial charge in [-0.25, -0.2) is 19.9 Å². The van der Waals surface area contributed by atoms with E-state index in [1.165, 1.54) is 56.0 Å². The van der Waals surface area contributed by atoms with Crippen molar-refractivity contribution < 1.29 is 44.1 Å². The Morgan fingerprint density at radius 3 is 1.61 bits per heavy atom. The minimum Gasteiger partial charge on any atom is -0.354 e. The number of carbonyl (C=O) groups excluding carboxylic acids is 8. The normalized spacial score (nSPS) is 11.5. The van der Waals surface area contributed by atoms with Crippen LogP contribution >= 0.6 is 0 Å². The molecule has 1 atom stereocenters. The summed E-state index contributed by atoms with van der Waals surface area (Å²) < 4.78 is 10.9. The molecule has 9 aromatic rings. The number of benzene rings is 1. The zero-order valence-electron chi connectivity index (χ0n) is 44.5. The summed E-state index contributed by atoms with van der Waals surface area (Å²) in [7, 11) is 13.2. The number of hydrogen-bond donors (Lipinski definition) is 10. The molecule has 412 valence electrons. The van der Waals surface area contributed by atoms with Gasteiger partial charge >= 0.3 is 0 Å².